The summed E-state index contributed by atoms with van der Waals surface area (Å²) in [5.74, 6) is 0.0139. The zero-order valence-corrected chi connectivity index (χ0v) is 9.04. The van der Waals surface area contributed by atoms with E-state index in [9.17, 15) is 9.59 Å². The third-order valence-corrected chi connectivity index (χ3v) is 2.30. The second-order valence-electron chi connectivity index (χ2n) is 3.58. The summed E-state index contributed by atoms with van der Waals surface area (Å²) in [6.45, 7) is 1.73. The SMILES string of the molecule is CC(=O)CCn1nnc2c(cnn2C)c1=O. The topological polar surface area (TPSA) is 82.7 Å². The van der Waals surface area contributed by atoms with E-state index in [4.69, 9.17) is 0 Å². The second kappa shape index (κ2) is 3.84. The minimum atomic E-state index is -0.264. The maximum atomic E-state index is 11.9. The van der Waals surface area contributed by atoms with Crippen molar-refractivity contribution in [1.29, 1.82) is 0 Å². The van der Waals surface area contributed by atoms with Crippen molar-refractivity contribution in [3.63, 3.8) is 0 Å². The summed E-state index contributed by atoms with van der Waals surface area (Å²) in [7, 11) is 1.69. The van der Waals surface area contributed by atoms with Crippen molar-refractivity contribution in [1.82, 2.24) is 24.8 Å². The molecular weight excluding hydrogens is 210 g/mol. The molecule has 0 atom stereocenters. The Bertz CT molecular complexity index is 597. The summed E-state index contributed by atoms with van der Waals surface area (Å²) < 4.78 is 2.67. The normalized spacial score (nSPS) is 10.9. The van der Waals surface area contributed by atoms with E-state index in [1.54, 1.807) is 7.05 Å². The van der Waals surface area contributed by atoms with Gasteiger partial charge in [-0.25, -0.2) is 9.36 Å². The number of rotatable bonds is 3. The van der Waals surface area contributed by atoms with E-state index in [-0.39, 0.29) is 24.3 Å². The molecule has 0 radical (unpaired) electrons. The fourth-order valence-corrected chi connectivity index (χ4v) is 1.39. The van der Waals surface area contributed by atoms with Crippen LogP contribution in [-0.4, -0.2) is 30.6 Å². The molecule has 0 saturated carbocycles. The van der Waals surface area contributed by atoms with Crippen LogP contribution in [0.1, 0.15) is 13.3 Å². The van der Waals surface area contributed by atoms with Crippen molar-refractivity contribution >= 4 is 16.8 Å². The molecule has 0 bridgehead atoms. The molecule has 0 aliphatic rings. The van der Waals surface area contributed by atoms with E-state index in [1.807, 2.05) is 0 Å². The first kappa shape index (κ1) is 10.5. The number of carbonyl (C=O) groups is 1. The predicted molar refractivity (Wildman–Crippen MR) is 55.9 cm³/mol. The van der Waals surface area contributed by atoms with E-state index >= 15 is 0 Å². The number of nitrogens with zero attached hydrogens (tertiary/aromatic N) is 5. The third-order valence-electron chi connectivity index (χ3n) is 2.30. The van der Waals surface area contributed by atoms with Gasteiger partial charge in [0, 0.05) is 13.5 Å². The van der Waals surface area contributed by atoms with E-state index in [2.05, 4.69) is 15.4 Å². The smallest absolute Gasteiger partial charge is 0.280 e. The molecule has 16 heavy (non-hydrogen) atoms. The van der Waals surface area contributed by atoms with Crippen molar-refractivity contribution in [2.24, 2.45) is 7.05 Å². The van der Waals surface area contributed by atoms with Crippen LogP contribution in [0.5, 0.6) is 0 Å². The van der Waals surface area contributed by atoms with Gasteiger partial charge in [-0.2, -0.15) is 5.10 Å². The van der Waals surface area contributed by atoms with Crippen LogP contribution < -0.4 is 5.56 Å². The van der Waals surface area contributed by atoms with Crippen LogP contribution in [0.3, 0.4) is 0 Å². The van der Waals surface area contributed by atoms with E-state index in [0.29, 0.717) is 11.0 Å². The number of hydrogen-bond acceptors (Lipinski definition) is 5. The number of hydrogen-bond donors (Lipinski definition) is 0. The highest BCUT2D eigenvalue weighted by atomic mass is 16.1. The number of Topliss-reactive ketones (excluding diaryl/α,β-unsaturated/α-hetero) is 1. The zero-order valence-electron chi connectivity index (χ0n) is 9.04. The van der Waals surface area contributed by atoms with Crippen LogP contribution in [0, 0.1) is 0 Å². The van der Waals surface area contributed by atoms with Gasteiger partial charge >= 0.3 is 0 Å². The molecule has 0 aromatic carbocycles. The molecule has 2 rings (SSSR count). The fourth-order valence-electron chi connectivity index (χ4n) is 1.39. The Morgan fingerprint density at radius 3 is 2.94 bits per heavy atom. The molecule has 0 unspecified atom stereocenters. The summed E-state index contributed by atoms with van der Waals surface area (Å²) in [6.07, 6.45) is 1.73. The first-order valence-corrected chi connectivity index (χ1v) is 4.84. The molecule has 2 heterocycles. The second-order valence-corrected chi connectivity index (χ2v) is 3.58. The van der Waals surface area contributed by atoms with Gasteiger partial charge in [0.1, 0.15) is 11.2 Å². The Kier molecular flexibility index (Phi) is 2.51. The highest BCUT2D eigenvalue weighted by molar-refractivity contribution is 5.75. The third kappa shape index (κ3) is 1.71. The van der Waals surface area contributed by atoms with E-state index < -0.39 is 0 Å². The number of aromatic nitrogens is 5. The number of carbonyl (C=O) groups excluding carboxylic acids is 1. The summed E-state index contributed by atoms with van der Waals surface area (Å²) in [4.78, 5) is 22.7. The largest absolute Gasteiger partial charge is 0.300 e. The molecule has 0 aliphatic carbocycles. The lowest BCUT2D eigenvalue weighted by atomic mass is 10.3. The van der Waals surface area contributed by atoms with Gasteiger partial charge in [0.15, 0.2) is 5.65 Å². The molecule has 84 valence electrons. The molecule has 7 nitrogen and oxygen atoms in total. The minimum absolute atomic E-state index is 0.0139. The van der Waals surface area contributed by atoms with Gasteiger partial charge in [0.25, 0.3) is 5.56 Å². The lowest BCUT2D eigenvalue weighted by Crippen LogP contribution is -2.25. The molecule has 2 aromatic rings. The van der Waals surface area contributed by atoms with Crippen LogP contribution in [0.2, 0.25) is 0 Å². The monoisotopic (exact) mass is 221 g/mol. The standard InChI is InChI=1S/C9H11N5O2/c1-6(15)3-4-14-9(16)7-5-10-13(2)8(7)11-12-14/h5H,3-4H2,1-2H3. The summed E-state index contributed by atoms with van der Waals surface area (Å²) in [5.41, 5.74) is 0.184. The Hall–Kier alpha value is -2.05. The van der Waals surface area contributed by atoms with Gasteiger partial charge in [-0.1, -0.05) is 5.21 Å². The Balaban J connectivity index is 2.45. The fraction of sp³-hybridized carbons (Fsp3) is 0.444. The van der Waals surface area contributed by atoms with Crippen molar-refractivity contribution < 1.29 is 4.79 Å². The zero-order chi connectivity index (χ0) is 11.7. The van der Waals surface area contributed by atoms with Crippen LogP contribution in [0.15, 0.2) is 11.0 Å². The van der Waals surface area contributed by atoms with E-state index in [0.717, 1.165) is 0 Å². The van der Waals surface area contributed by atoms with Crippen LogP contribution in [0.4, 0.5) is 0 Å². The minimum Gasteiger partial charge on any atom is -0.300 e. The van der Waals surface area contributed by atoms with Crippen LogP contribution in [-0.2, 0) is 18.4 Å². The van der Waals surface area contributed by atoms with Gasteiger partial charge in [0.05, 0.1) is 12.7 Å². The van der Waals surface area contributed by atoms with Crippen molar-refractivity contribution in [3.8, 4) is 0 Å². The maximum Gasteiger partial charge on any atom is 0.280 e. The molecule has 2 aromatic heterocycles. The predicted octanol–water partition coefficient (Wildman–Crippen LogP) is -0.496. The number of fused-ring (bicyclic) bond motifs is 1. The van der Waals surface area contributed by atoms with Crippen LogP contribution >= 0.6 is 0 Å². The van der Waals surface area contributed by atoms with Gasteiger partial charge in [0.2, 0.25) is 0 Å². The van der Waals surface area contributed by atoms with Gasteiger partial charge in [-0.15, -0.1) is 5.10 Å². The Morgan fingerprint density at radius 2 is 2.25 bits per heavy atom. The van der Waals surface area contributed by atoms with Crippen molar-refractivity contribution in [2.75, 3.05) is 0 Å². The molecule has 0 spiro atoms. The molecule has 7 heteroatoms. The summed E-state index contributed by atoms with van der Waals surface area (Å²) in [6, 6.07) is 0. The lowest BCUT2D eigenvalue weighted by molar-refractivity contribution is -0.117. The summed E-state index contributed by atoms with van der Waals surface area (Å²) >= 11 is 0. The molecule has 0 N–H and O–H groups in total. The highest BCUT2D eigenvalue weighted by Crippen LogP contribution is 2.01. The van der Waals surface area contributed by atoms with Crippen LogP contribution in [0.25, 0.3) is 11.0 Å². The van der Waals surface area contributed by atoms with Gasteiger partial charge in [-0.05, 0) is 6.92 Å². The molecule has 0 amide bonds. The molecule has 0 fully saturated rings. The Morgan fingerprint density at radius 1 is 1.50 bits per heavy atom. The number of aryl methyl sites for hydroxylation is 2. The average molecular weight is 221 g/mol. The quantitative estimate of drug-likeness (QED) is 0.698. The Labute approximate surface area is 90.7 Å². The van der Waals surface area contributed by atoms with Crippen molar-refractivity contribution in [3.05, 3.63) is 16.6 Å². The number of ketones is 1. The van der Waals surface area contributed by atoms with Crippen molar-refractivity contribution in [2.45, 2.75) is 19.9 Å². The van der Waals surface area contributed by atoms with Gasteiger partial charge < -0.3 is 0 Å². The molecule has 0 aliphatic heterocycles. The van der Waals surface area contributed by atoms with E-state index in [1.165, 1.54) is 22.5 Å². The first-order chi connectivity index (χ1) is 7.59. The van der Waals surface area contributed by atoms with Gasteiger partial charge in [-0.3, -0.25) is 9.59 Å². The first-order valence-electron chi connectivity index (χ1n) is 4.84. The molecule has 0 saturated heterocycles. The lowest BCUT2D eigenvalue weighted by Gasteiger charge is -2.00. The average Bonchev–Trinajstić information content (AvgIpc) is 2.60. The summed E-state index contributed by atoms with van der Waals surface area (Å²) in [5, 5.41) is 12.0. The molecular formula is C9H11N5O2. The maximum absolute atomic E-state index is 11.9. The highest BCUT2D eigenvalue weighted by Gasteiger charge is 2.09.